The molecule has 0 bridgehead atoms. The Hall–Kier alpha value is -0.200. The van der Waals surface area contributed by atoms with Crippen molar-refractivity contribution in [3.8, 4) is 0 Å². The molecule has 0 aliphatic rings. The Kier molecular flexibility index (Phi) is 13.7. The fraction of sp³-hybridized carbons (Fsp3) is 1.00. The van der Waals surface area contributed by atoms with Crippen LogP contribution in [0.15, 0.2) is 0 Å². The Labute approximate surface area is 104 Å². The first-order chi connectivity index (χ1) is 8.35. The predicted molar refractivity (Wildman–Crippen MR) is 64.8 cm³/mol. The second kappa shape index (κ2) is 13.9. The molecular weight excluding hydrogens is 224 g/mol. The third-order valence-corrected chi connectivity index (χ3v) is 2.19. The lowest BCUT2D eigenvalue weighted by Crippen LogP contribution is -2.26. The zero-order valence-corrected chi connectivity index (χ0v) is 10.8. The van der Waals surface area contributed by atoms with Crippen LogP contribution in [0.25, 0.3) is 0 Å². The van der Waals surface area contributed by atoms with Gasteiger partial charge in [-0.3, -0.25) is 0 Å². The van der Waals surface area contributed by atoms with Crippen molar-refractivity contribution in [2.75, 3.05) is 39.6 Å². The minimum atomic E-state index is -0.500. The van der Waals surface area contributed by atoms with E-state index in [1.807, 2.05) is 0 Å². The highest BCUT2D eigenvalue weighted by Gasteiger charge is 2.08. The quantitative estimate of drug-likeness (QED) is 0.376. The van der Waals surface area contributed by atoms with E-state index in [0.29, 0.717) is 13.2 Å². The van der Waals surface area contributed by atoms with Gasteiger partial charge >= 0.3 is 0 Å². The van der Waals surface area contributed by atoms with E-state index in [9.17, 15) is 0 Å². The smallest absolute Gasteiger partial charge is 0.181 e. The SMILES string of the molecule is CCCCCCOCC(OCCO)OCCO. The third kappa shape index (κ3) is 12.1. The molecular formula is C12H26O5. The lowest BCUT2D eigenvalue weighted by molar-refractivity contribution is -0.180. The molecule has 0 aromatic rings. The van der Waals surface area contributed by atoms with Crippen LogP contribution in [0.3, 0.4) is 0 Å². The van der Waals surface area contributed by atoms with Gasteiger partial charge in [-0.2, -0.15) is 0 Å². The minimum absolute atomic E-state index is 0.0461. The van der Waals surface area contributed by atoms with Gasteiger partial charge in [0.05, 0.1) is 33.0 Å². The van der Waals surface area contributed by atoms with Crippen molar-refractivity contribution in [3.63, 3.8) is 0 Å². The van der Waals surface area contributed by atoms with E-state index >= 15 is 0 Å². The fourth-order valence-corrected chi connectivity index (χ4v) is 1.32. The second-order valence-corrected chi connectivity index (χ2v) is 3.75. The van der Waals surface area contributed by atoms with Gasteiger partial charge < -0.3 is 24.4 Å². The molecule has 104 valence electrons. The van der Waals surface area contributed by atoms with Crippen LogP contribution in [-0.4, -0.2) is 56.1 Å². The summed E-state index contributed by atoms with van der Waals surface area (Å²) in [5.41, 5.74) is 0. The molecule has 0 amide bonds. The number of ether oxygens (including phenoxy) is 3. The summed E-state index contributed by atoms with van der Waals surface area (Å²) >= 11 is 0. The molecule has 0 unspecified atom stereocenters. The molecule has 0 aromatic heterocycles. The fourth-order valence-electron chi connectivity index (χ4n) is 1.32. The van der Waals surface area contributed by atoms with Gasteiger partial charge in [-0.05, 0) is 6.42 Å². The van der Waals surface area contributed by atoms with E-state index in [2.05, 4.69) is 6.92 Å². The largest absolute Gasteiger partial charge is 0.394 e. The van der Waals surface area contributed by atoms with Crippen molar-refractivity contribution in [2.45, 2.75) is 38.9 Å². The lowest BCUT2D eigenvalue weighted by atomic mass is 10.2. The van der Waals surface area contributed by atoms with Crippen LogP contribution >= 0.6 is 0 Å². The molecule has 0 aliphatic carbocycles. The Morgan fingerprint density at radius 1 is 0.882 bits per heavy atom. The van der Waals surface area contributed by atoms with Crippen LogP contribution in [0.4, 0.5) is 0 Å². The highest BCUT2D eigenvalue weighted by atomic mass is 16.7. The Bertz CT molecular complexity index is 135. The number of aliphatic hydroxyl groups excluding tert-OH is 2. The lowest BCUT2D eigenvalue weighted by Gasteiger charge is -2.17. The van der Waals surface area contributed by atoms with E-state index in [0.717, 1.165) is 6.42 Å². The number of aliphatic hydroxyl groups is 2. The van der Waals surface area contributed by atoms with E-state index in [1.165, 1.54) is 19.3 Å². The van der Waals surface area contributed by atoms with Gasteiger partial charge in [-0.15, -0.1) is 0 Å². The molecule has 17 heavy (non-hydrogen) atoms. The topological polar surface area (TPSA) is 68.2 Å². The average molecular weight is 250 g/mol. The maximum Gasteiger partial charge on any atom is 0.181 e. The summed E-state index contributed by atoms with van der Waals surface area (Å²) in [6.45, 7) is 3.55. The minimum Gasteiger partial charge on any atom is -0.394 e. The van der Waals surface area contributed by atoms with Crippen LogP contribution in [0, 0.1) is 0 Å². The van der Waals surface area contributed by atoms with Gasteiger partial charge in [0.15, 0.2) is 6.29 Å². The summed E-state index contributed by atoms with van der Waals surface area (Å²) in [4.78, 5) is 0. The monoisotopic (exact) mass is 250 g/mol. The first-order valence-electron chi connectivity index (χ1n) is 6.37. The third-order valence-electron chi connectivity index (χ3n) is 2.19. The maximum atomic E-state index is 8.64. The zero-order valence-electron chi connectivity index (χ0n) is 10.8. The van der Waals surface area contributed by atoms with Crippen molar-refractivity contribution < 1.29 is 24.4 Å². The van der Waals surface area contributed by atoms with E-state index in [4.69, 9.17) is 24.4 Å². The zero-order chi connectivity index (χ0) is 12.8. The number of hydrogen-bond donors (Lipinski definition) is 2. The second-order valence-electron chi connectivity index (χ2n) is 3.75. The highest BCUT2D eigenvalue weighted by Crippen LogP contribution is 2.01. The van der Waals surface area contributed by atoms with Gasteiger partial charge in [0.25, 0.3) is 0 Å². The summed E-state index contributed by atoms with van der Waals surface area (Å²) in [5, 5.41) is 17.3. The highest BCUT2D eigenvalue weighted by molar-refractivity contribution is 4.45. The standard InChI is InChI=1S/C12H26O5/c1-2-3-4-5-8-15-11-12(16-9-6-13)17-10-7-14/h12-14H,2-11H2,1H3. The summed E-state index contributed by atoms with van der Waals surface area (Å²) in [7, 11) is 0. The van der Waals surface area contributed by atoms with Crippen LogP contribution < -0.4 is 0 Å². The maximum absolute atomic E-state index is 8.64. The first-order valence-corrected chi connectivity index (χ1v) is 6.37. The molecule has 2 N–H and O–H groups in total. The predicted octanol–water partition coefficient (Wildman–Crippen LogP) is 0.927. The van der Waals surface area contributed by atoms with Crippen LogP contribution in [0.2, 0.25) is 0 Å². The molecule has 0 aromatic carbocycles. The molecule has 0 radical (unpaired) electrons. The molecule has 0 rings (SSSR count). The Morgan fingerprint density at radius 3 is 2.06 bits per heavy atom. The Balaban J connectivity index is 3.45. The molecule has 0 heterocycles. The van der Waals surface area contributed by atoms with Crippen molar-refractivity contribution in [1.29, 1.82) is 0 Å². The van der Waals surface area contributed by atoms with Crippen molar-refractivity contribution in [3.05, 3.63) is 0 Å². The number of unbranched alkanes of at least 4 members (excludes halogenated alkanes) is 3. The van der Waals surface area contributed by atoms with Crippen molar-refractivity contribution >= 4 is 0 Å². The molecule has 0 saturated heterocycles. The van der Waals surface area contributed by atoms with Crippen molar-refractivity contribution in [1.82, 2.24) is 0 Å². The molecule has 0 aliphatic heterocycles. The van der Waals surface area contributed by atoms with Gasteiger partial charge in [0, 0.05) is 6.61 Å². The molecule has 0 saturated carbocycles. The van der Waals surface area contributed by atoms with Crippen LogP contribution in [0.5, 0.6) is 0 Å². The number of hydrogen-bond acceptors (Lipinski definition) is 5. The Morgan fingerprint density at radius 2 is 1.53 bits per heavy atom. The van der Waals surface area contributed by atoms with Gasteiger partial charge in [0.2, 0.25) is 0 Å². The summed E-state index contributed by atoms with van der Waals surface area (Å²) < 4.78 is 15.8. The van der Waals surface area contributed by atoms with E-state index in [-0.39, 0.29) is 26.4 Å². The molecule has 5 heteroatoms. The molecule has 0 spiro atoms. The van der Waals surface area contributed by atoms with Crippen molar-refractivity contribution in [2.24, 2.45) is 0 Å². The van der Waals surface area contributed by atoms with Gasteiger partial charge in [0.1, 0.15) is 0 Å². The summed E-state index contributed by atoms with van der Waals surface area (Å²) in [5.74, 6) is 0. The van der Waals surface area contributed by atoms with Gasteiger partial charge in [-0.1, -0.05) is 26.2 Å². The van der Waals surface area contributed by atoms with E-state index in [1.54, 1.807) is 0 Å². The van der Waals surface area contributed by atoms with E-state index < -0.39 is 6.29 Å². The molecule has 5 nitrogen and oxygen atoms in total. The first kappa shape index (κ1) is 16.8. The molecule has 0 fully saturated rings. The van der Waals surface area contributed by atoms with Crippen LogP contribution in [-0.2, 0) is 14.2 Å². The van der Waals surface area contributed by atoms with Gasteiger partial charge in [-0.25, -0.2) is 0 Å². The van der Waals surface area contributed by atoms with Crippen LogP contribution in [0.1, 0.15) is 32.6 Å². The normalized spacial score (nSPS) is 11.3. The average Bonchev–Trinajstić information content (AvgIpc) is 2.35. The number of rotatable bonds is 13. The summed E-state index contributed by atoms with van der Waals surface area (Å²) in [6.07, 6.45) is 4.16. The summed E-state index contributed by atoms with van der Waals surface area (Å²) in [6, 6.07) is 0. The molecule has 0 atom stereocenters.